The summed E-state index contributed by atoms with van der Waals surface area (Å²) in [5, 5.41) is 7.18. The van der Waals surface area contributed by atoms with E-state index in [9.17, 15) is 0 Å². The molecule has 0 aliphatic rings. The van der Waals surface area contributed by atoms with Crippen LogP contribution in [-0.2, 0) is 12.8 Å². The highest BCUT2D eigenvalue weighted by molar-refractivity contribution is 7.80. The van der Waals surface area contributed by atoms with E-state index in [4.69, 9.17) is 12.2 Å². The fraction of sp³-hybridized carbons (Fsp3) is 0.136. The molecule has 0 bridgehead atoms. The Morgan fingerprint density at radius 2 is 1.44 bits per heavy atom. The summed E-state index contributed by atoms with van der Waals surface area (Å²) in [4.78, 5) is 0. The first-order valence-corrected chi connectivity index (χ1v) is 8.94. The molecular formula is C22H22N2S. The zero-order valence-electron chi connectivity index (χ0n) is 14.3. The number of anilines is 2. The topological polar surface area (TPSA) is 24.1 Å². The molecule has 0 aliphatic heterocycles. The largest absolute Gasteiger partial charge is 0.332 e. The van der Waals surface area contributed by atoms with Crippen LogP contribution >= 0.6 is 12.2 Å². The molecule has 2 nitrogen and oxygen atoms in total. The number of hydrogen-bond donors (Lipinski definition) is 2. The van der Waals surface area contributed by atoms with E-state index in [0.717, 1.165) is 24.2 Å². The van der Waals surface area contributed by atoms with Crippen LogP contribution in [0.1, 0.15) is 23.6 Å². The lowest BCUT2D eigenvalue weighted by molar-refractivity contribution is 1.14. The fourth-order valence-electron chi connectivity index (χ4n) is 2.72. The summed E-state index contributed by atoms with van der Waals surface area (Å²) in [5.74, 6) is 0. The third-order valence-electron chi connectivity index (χ3n) is 4.12. The van der Waals surface area contributed by atoms with Gasteiger partial charge in [0.2, 0.25) is 0 Å². The Morgan fingerprint density at radius 1 is 0.760 bits per heavy atom. The quantitative estimate of drug-likeness (QED) is 0.584. The Balaban J connectivity index is 1.68. The second-order valence-corrected chi connectivity index (χ2v) is 6.36. The minimum atomic E-state index is 0.602. The van der Waals surface area contributed by atoms with Gasteiger partial charge >= 0.3 is 0 Å². The molecule has 0 aromatic heterocycles. The first kappa shape index (κ1) is 17.2. The van der Waals surface area contributed by atoms with Crippen LogP contribution in [0.25, 0.3) is 0 Å². The number of hydrogen-bond acceptors (Lipinski definition) is 1. The fourth-order valence-corrected chi connectivity index (χ4v) is 2.95. The van der Waals surface area contributed by atoms with Crippen LogP contribution in [0.3, 0.4) is 0 Å². The number of para-hydroxylation sites is 1. The smallest absolute Gasteiger partial charge is 0.175 e. The first-order valence-electron chi connectivity index (χ1n) is 8.53. The normalized spacial score (nSPS) is 10.3. The molecule has 0 atom stereocenters. The van der Waals surface area contributed by atoms with Crippen molar-refractivity contribution in [3.63, 3.8) is 0 Å². The van der Waals surface area contributed by atoms with Crippen LogP contribution in [0, 0.1) is 0 Å². The van der Waals surface area contributed by atoms with Gasteiger partial charge in [0.1, 0.15) is 0 Å². The van der Waals surface area contributed by atoms with E-state index in [1.165, 1.54) is 16.7 Å². The maximum Gasteiger partial charge on any atom is 0.175 e. The highest BCUT2D eigenvalue weighted by Crippen LogP contribution is 2.20. The van der Waals surface area contributed by atoms with E-state index in [2.05, 4.69) is 84.3 Å². The highest BCUT2D eigenvalue weighted by Gasteiger charge is 2.05. The van der Waals surface area contributed by atoms with Gasteiger partial charge in [-0.3, -0.25) is 0 Å². The minimum Gasteiger partial charge on any atom is -0.332 e. The molecule has 2 N–H and O–H groups in total. The molecule has 3 rings (SSSR count). The Morgan fingerprint density at radius 3 is 2.16 bits per heavy atom. The number of thiocarbonyl (C=S) groups is 1. The van der Waals surface area contributed by atoms with Crippen molar-refractivity contribution in [3.05, 3.63) is 95.6 Å². The van der Waals surface area contributed by atoms with Gasteiger partial charge in [0.25, 0.3) is 0 Å². The summed E-state index contributed by atoms with van der Waals surface area (Å²) < 4.78 is 0. The number of benzene rings is 3. The Bertz CT molecular complexity index is 826. The van der Waals surface area contributed by atoms with Crippen LogP contribution in [0.2, 0.25) is 0 Å². The standard InChI is InChI=1S/C22H22N2S/c1-2-17-12-14-20(15-13-17)23-22(25)24-21-11-7-6-10-19(21)16-18-8-4-3-5-9-18/h3-15H,2,16H2,1H3,(H2,23,24,25). The molecular weight excluding hydrogens is 324 g/mol. The number of aryl methyl sites for hydroxylation is 1. The van der Waals surface area contributed by atoms with Crippen LogP contribution in [0.5, 0.6) is 0 Å². The Hall–Kier alpha value is -2.65. The summed E-state index contributed by atoms with van der Waals surface area (Å²) in [5.41, 5.74) is 5.85. The molecule has 3 aromatic carbocycles. The lowest BCUT2D eigenvalue weighted by atomic mass is 10.0. The van der Waals surface area contributed by atoms with Gasteiger partial charge in [-0.05, 0) is 59.9 Å². The van der Waals surface area contributed by atoms with Crippen molar-refractivity contribution in [2.24, 2.45) is 0 Å². The highest BCUT2D eigenvalue weighted by atomic mass is 32.1. The average molecular weight is 346 g/mol. The maximum absolute atomic E-state index is 5.48. The summed E-state index contributed by atoms with van der Waals surface area (Å²) in [6.07, 6.45) is 1.91. The van der Waals surface area contributed by atoms with E-state index in [1.54, 1.807) is 0 Å². The summed E-state index contributed by atoms with van der Waals surface area (Å²) >= 11 is 5.48. The van der Waals surface area contributed by atoms with Gasteiger partial charge in [0, 0.05) is 11.4 Å². The van der Waals surface area contributed by atoms with Crippen LogP contribution in [-0.4, -0.2) is 5.11 Å². The summed E-state index contributed by atoms with van der Waals surface area (Å²) in [6, 6.07) is 27.1. The number of rotatable bonds is 5. The predicted molar refractivity (Wildman–Crippen MR) is 111 cm³/mol. The monoisotopic (exact) mass is 346 g/mol. The van der Waals surface area contributed by atoms with Crippen molar-refractivity contribution in [1.29, 1.82) is 0 Å². The minimum absolute atomic E-state index is 0.602. The van der Waals surface area contributed by atoms with Crippen molar-refractivity contribution in [1.82, 2.24) is 0 Å². The molecule has 126 valence electrons. The molecule has 0 fully saturated rings. The molecule has 0 unspecified atom stereocenters. The average Bonchev–Trinajstić information content (AvgIpc) is 2.65. The maximum atomic E-state index is 5.48. The molecule has 3 heteroatoms. The van der Waals surface area contributed by atoms with Gasteiger partial charge in [-0.1, -0.05) is 67.6 Å². The lowest BCUT2D eigenvalue weighted by Gasteiger charge is -2.14. The molecule has 0 heterocycles. The molecule has 0 saturated heterocycles. The number of nitrogens with one attached hydrogen (secondary N) is 2. The predicted octanol–water partition coefficient (Wildman–Crippen LogP) is 5.65. The second-order valence-electron chi connectivity index (χ2n) is 5.95. The molecule has 0 radical (unpaired) electrons. The van der Waals surface area contributed by atoms with E-state index in [1.807, 2.05) is 12.1 Å². The molecule has 0 aliphatic carbocycles. The SMILES string of the molecule is CCc1ccc(NC(=S)Nc2ccccc2Cc2ccccc2)cc1. The van der Waals surface area contributed by atoms with Crippen molar-refractivity contribution in [3.8, 4) is 0 Å². The van der Waals surface area contributed by atoms with Crippen molar-refractivity contribution in [2.45, 2.75) is 19.8 Å². The van der Waals surface area contributed by atoms with E-state index < -0.39 is 0 Å². The third kappa shape index (κ3) is 4.91. The Kier molecular flexibility index (Phi) is 5.81. The van der Waals surface area contributed by atoms with Crippen LogP contribution < -0.4 is 10.6 Å². The molecule has 3 aromatic rings. The van der Waals surface area contributed by atoms with Gasteiger partial charge in [0.05, 0.1) is 0 Å². The van der Waals surface area contributed by atoms with Crippen molar-refractivity contribution >= 4 is 28.7 Å². The molecule has 0 saturated carbocycles. The van der Waals surface area contributed by atoms with Crippen molar-refractivity contribution in [2.75, 3.05) is 10.6 Å². The molecule has 0 amide bonds. The van der Waals surface area contributed by atoms with Crippen LogP contribution in [0.4, 0.5) is 11.4 Å². The van der Waals surface area contributed by atoms with E-state index >= 15 is 0 Å². The zero-order chi connectivity index (χ0) is 17.5. The van der Waals surface area contributed by atoms with Crippen LogP contribution in [0.15, 0.2) is 78.9 Å². The lowest BCUT2D eigenvalue weighted by Crippen LogP contribution is -2.20. The Labute approximate surface area is 154 Å². The summed E-state index contributed by atoms with van der Waals surface area (Å²) in [6.45, 7) is 2.15. The second kappa shape index (κ2) is 8.45. The third-order valence-corrected chi connectivity index (χ3v) is 4.33. The molecule has 0 spiro atoms. The van der Waals surface area contributed by atoms with E-state index in [-0.39, 0.29) is 0 Å². The first-order chi connectivity index (χ1) is 12.2. The summed E-state index contributed by atoms with van der Waals surface area (Å²) in [7, 11) is 0. The van der Waals surface area contributed by atoms with Gasteiger partial charge < -0.3 is 10.6 Å². The van der Waals surface area contributed by atoms with Gasteiger partial charge in [-0.2, -0.15) is 0 Å². The van der Waals surface area contributed by atoms with Crippen molar-refractivity contribution < 1.29 is 0 Å². The zero-order valence-corrected chi connectivity index (χ0v) is 15.1. The van der Waals surface area contributed by atoms with Gasteiger partial charge in [-0.15, -0.1) is 0 Å². The van der Waals surface area contributed by atoms with E-state index in [0.29, 0.717) is 5.11 Å². The van der Waals surface area contributed by atoms with Gasteiger partial charge in [-0.25, -0.2) is 0 Å². The van der Waals surface area contributed by atoms with Gasteiger partial charge in [0.15, 0.2) is 5.11 Å². The molecule has 25 heavy (non-hydrogen) atoms.